The molecule has 2 N–H and O–H groups in total. The number of rotatable bonds is 6. The van der Waals surface area contributed by atoms with Crippen LogP contribution in [0.1, 0.15) is 19.8 Å². The lowest BCUT2D eigenvalue weighted by molar-refractivity contribution is 0.288. The van der Waals surface area contributed by atoms with Gasteiger partial charge in [-0.3, -0.25) is 4.79 Å². The number of likely N-dealkylation sites (tertiary alicyclic amines) is 1. The van der Waals surface area contributed by atoms with Gasteiger partial charge in [-0.2, -0.15) is 5.10 Å². The number of aromatic nitrogens is 2. The average Bonchev–Trinajstić information content (AvgIpc) is 2.88. The van der Waals surface area contributed by atoms with Crippen LogP contribution in [0.25, 0.3) is 0 Å². The van der Waals surface area contributed by atoms with Gasteiger partial charge in [0, 0.05) is 18.7 Å². The summed E-state index contributed by atoms with van der Waals surface area (Å²) in [4.78, 5) is 14.2. The van der Waals surface area contributed by atoms with Crippen LogP contribution >= 0.6 is 0 Å². The largest absolute Gasteiger partial charge is 0.490 e. The standard InChI is InChI=1S/C13H22N4O2/c1-11(14)10-19-12-8-13(18)17(15-9-12)7-6-16-4-2-3-5-16/h8-9,11H,2-7,10,14H2,1H3. The summed E-state index contributed by atoms with van der Waals surface area (Å²) < 4.78 is 6.85. The topological polar surface area (TPSA) is 73.4 Å². The fourth-order valence-electron chi connectivity index (χ4n) is 2.13. The molecule has 0 saturated carbocycles. The van der Waals surface area contributed by atoms with Gasteiger partial charge in [-0.15, -0.1) is 0 Å². The molecule has 1 saturated heterocycles. The zero-order valence-corrected chi connectivity index (χ0v) is 11.4. The summed E-state index contributed by atoms with van der Waals surface area (Å²) >= 11 is 0. The molecule has 0 spiro atoms. The Morgan fingerprint density at radius 3 is 2.79 bits per heavy atom. The van der Waals surface area contributed by atoms with Crippen molar-refractivity contribution >= 4 is 0 Å². The molecule has 1 atom stereocenters. The Morgan fingerprint density at radius 2 is 2.16 bits per heavy atom. The first-order chi connectivity index (χ1) is 9.15. The molecule has 6 heteroatoms. The molecule has 1 aromatic rings. The number of hydrogen-bond donors (Lipinski definition) is 1. The Balaban J connectivity index is 1.89. The van der Waals surface area contributed by atoms with Crippen LogP contribution in [0.4, 0.5) is 0 Å². The van der Waals surface area contributed by atoms with E-state index in [2.05, 4.69) is 10.00 Å². The summed E-state index contributed by atoms with van der Waals surface area (Å²) in [6.45, 7) is 6.01. The molecule has 1 unspecified atom stereocenters. The lowest BCUT2D eigenvalue weighted by Crippen LogP contribution is -2.30. The van der Waals surface area contributed by atoms with Crippen LogP contribution in [0.3, 0.4) is 0 Å². The molecule has 1 aliphatic rings. The van der Waals surface area contributed by atoms with Crippen LogP contribution in [0.5, 0.6) is 5.75 Å². The highest BCUT2D eigenvalue weighted by atomic mass is 16.5. The van der Waals surface area contributed by atoms with Crippen molar-refractivity contribution in [1.82, 2.24) is 14.7 Å². The first-order valence-electron chi connectivity index (χ1n) is 6.83. The molecule has 2 heterocycles. The molecule has 1 fully saturated rings. The predicted molar refractivity (Wildman–Crippen MR) is 73.3 cm³/mol. The van der Waals surface area contributed by atoms with Crippen LogP contribution in [-0.2, 0) is 6.54 Å². The van der Waals surface area contributed by atoms with Crippen LogP contribution < -0.4 is 16.0 Å². The zero-order chi connectivity index (χ0) is 13.7. The third-order valence-corrected chi connectivity index (χ3v) is 3.18. The molecule has 0 aliphatic carbocycles. The van der Waals surface area contributed by atoms with E-state index in [-0.39, 0.29) is 11.6 Å². The first-order valence-corrected chi connectivity index (χ1v) is 6.83. The Kier molecular flexibility index (Phi) is 4.93. The van der Waals surface area contributed by atoms with Crippen LogP contribution in [0.2, 0.25) is 0 Å². The third-order valence-electron chi connectivity index (χ3n) is 3.18. The van der Waals surface area contributed by atoms with Gasteiger partial charge in [0.05, 0.1) is 12.7 Å². The fraction of sp³-hybridized carbons (Fsp3) is 0.692. The van der Waals surface area contributed by atoms with Crippen molar-refractivity contribution in [3.63, 3.8) is 0 Å². The van der Waals surface area contributed by atoms with Gasteiger partial charge >= 0.3 is 0 Å². The molecular formula is C13H22N4O2. The number of hydrogen-bond acceptors (Lipinski definition) is 5. The highest BCUT2D eigenvalue weighted by Gasteiger charge is 2.11. The predicted octanol–water partition coefficient (Wildman–Crippen LogP) is 0.0651. The molecule has 0 aromatic carbocycles. The summed E-state index contributed by atoms with van der Waals surface area (Å²) in [6.07, 6.45) is 4.09. The maximum absolute atomic E-state index is 11.9. The van der Waals surface area contributed by atoms with E-state index in [4.69, 9.17) is 10.5 Å². The SMILES string of the molecule is CC(N)COc1cnn(CCN2CCCC2)c(=O)c1. The molecule has 0 radical (unpaired) electrons. The molecule has 1 aromatic heterocycles. The monoisotopic (exact) mass is 266 g/mol. The summed E-state index contributed by atoms with van der Waals surface area (Å²) in [6, 6.07) is 1.41. The van der Waals surface area contributed by atoms with Gasteiger partial charge in [0.15, 0.2) is 0 Å². The highest BCUT2D eigenvalue weighted by Crippen LogP contribution is 2.07. The van der Waals surface area contributed by atoms with Crippen molar-refractivity contribution < 1.29 is 4.74 Å². The zero-order valence-electron chi connectivity index (χ0n) is 11.4. The van der Waals surface area contributed by atoms with Crippen molar-refractivity contribution in [2.24, 2.45) is 5.73 Å². The van der Waals surface area contributed by atoms with Gasteiger partial charge < -0.3 is 15.4 Å². The molecule has 6 nitrogen and oxygen atoms in total. The van der Waals surface area contributed by atoms with Crippen LogP contribution in [0.15, 0.2) is 17.1 Å². The molecule has 19 heavy (non-hydrogen) atoms. The third kappa shape index (κ3) is 4.33. The molecule has 106 valence electrons. The van der Waals surface area contributed by atoms with Gasteiger partial charge in [0.25, 0.3) is 5.56 Å². The van der Waals surface area contributed by atoms with Crippen LogP contribution in [0, 0.1) is 0 Å². The van der Waals surface area contributed by atoms with E-state index >= 15 is 0 Å². The smallest absolute Gasteiger partial charge is 0.270 e. The average molecular weight is 266 g/mol. The molecular weight excluding hydrogens is 244 g/mol. The first kappa shape index (κ1) is 14.0. The quantitative estimate of drug-likeness (QED) is 0.788. The highest BCUT2D eigenvalue weighted by molar-refractivity contribution is 5.13. The summed E-state index contributed by atoms with van der Waals surface area (Å²) in [7, 11) is 0. The fourth-order valence-corrected chi connectivity index (χ4v) is 2.13. The van der Waals surface area contributed by atoms with E-state index in [9.17, 15) is 4.79 Å². The maximum atomic E-state index is 11.9. The number of nitrogens with two attached hydrogens (primary N) is 1. The Hall–Kier alpha value is -1.40. The molecule has 0 bridgehead atoms. The van der Waals surface area contributed by atoms with E-state index in [1.165, 1.54) is 23.6 Å². The summed E-state index contributed by atoms with van der Waals surface area (Å²) in [5, 5.41) is 4.13. The van der Waals surface area contributed by atoms with Gasteiger partial charge in [-0.25, -0.2) is 4.68 Å². The number of nitrogens with zero attached hydrogens (tertiary/aromatic N) is 3. The second-order valence-corrected chi connectivity index (χ2v) is 5.09. The molecule has 1 aliphatic heterocycles. The Labute approximate surface area is 113 Å². The van der Waals surface area contributed by atoms with Gasteiger partial charge in [0.1, 0.15) is 12.4 Å². The lowest BCUT2D eigenvalue weighted by Gasteiger charge is -2.15. The van der Waals surface area contributed by atoms with E-state index in [1.54, 1.807) is 6.20 Å². The van der Waals surface area contributed by atoms with Crippen molar-refractivity contribution in [3.05, 3.63) is 22.6 Å². The minimum absolute atomic E-state index is 0.0578. The van der Waals surface area contributed by atoms with Gasteiger partial charge in [0.2, 0.25) is 0 Å². The van der Waals surface area contributed by atoms with Crippen molar-refractivity contribution in [3.8, 4) is 5.75 Å². The number of ether oxygens (including phenoxy) is 1. The van der Waals surface area contributed by atoms with Crippen molar-refractivity contribution in [2.45, 2.75) is 32.4 Å². The van der Waals surface area contributed by atoms with E-state index in [1.807, 2.05) is 6.92 Å². The normalized spacial score (nSPS) is 17.6. The Morgan fingerprint density at radius 1 is 1.42 bits per heavy atom. The van der Waals surface area contributed by atoms with Crippen molar-refractivity contribution in [2.75, 3.05) is 26.2 Å². The summed E-state index contributed by atoms with van der Waals surface area (Å²) in [5.41, 5.74) is 5.47. The lowest BCUT2D eigenvalue weighted by atomic mass is 10.4. The van der Waals surface area contributed by atoms with E-state index < -0.39 is 0 Å². The maximum Gasteiger partial charge on any atom is 0.270 e. The minimum atomic E-state index is -0.124. The molecule has 2 rings (SSSR count). The van der Waals surface area contributed by atoms with E-state index in [0.717, 1.165) is 19.6 Å². The summed E-state index contributed by atoms with van der Waals surface area (Å²) in [5.74, 6) is 0.486. The second kappa shape index (κ2) is 6.68. The van der Waals surface area contributed by atoms with Crippen LogP contribution in [-0.4, -0.2) is 47.0 Å². The van der Waals surface area contributed by atoms with Gasteiger partial charge in [-0.1, -0.05) is 0 Å². The van der Waals surface area contributed by atoms with Crippen molar-refractivity contribution in [1.29, 1.82) is 0 Å². The van der Waals surface area contributed by atoms with Gasteiger partial charge in [-0.05, 0) is 32.9 Å². The van der Waals surface area contributed by atoms with E-state index in [0.29, 0.717) is 18.9 Å². The molecule has 0 amide bonds. The Bertz CT molecular complexity index is 452. The minimum Gasteiger partial charge on any atom is -0.490 e. The second-order valence-electron chi connectivity index (χ2n) is 5.09.